The van der Waals surface area contributed by atoms with Gasteiger partial charge in [0.05, 0.1) is 25.9 Å². The lowest BCUT2D eigenvalue weighted by Gasteiger charge is -2.37. The van der Waals surface area contributed by atoms with Gasteiger partial charge >= 0.3 is 23.9 Å². The second-order valence-corrected chi connectivity index (χ2v) is 12.7. The van der Waals surface area contributed by atoms with Crippen molar-refractivity contribution in [1.29, 1.82) is 0 Å². The zero-order valence-electron chi connectivity index (χ0n) is 27.2. The van der Waals surface area contributed by atoms with E-state index in [1.54, 1.807) is 20.8 Å². The Labute approximate surface area is 248 Å². The molecular weight excluding hydrogens is 528 g/mol. The highest BCUT2D eigenvalue weighted by Crippen LogP contribution is 2.41. The maximum absolute atomic E-state index is 11.6. The van der Waals surface area contributed by atoms with Gasteiger partial charge in [-0.3, -0.25) is 19.2 Å². The second-order valence-electron chi connectivity index (χ2n) is 12.7. The van der Waals surface area contributed by atoms with Gasteiger partial charge in [0.2, 0.25) is 0 Å². The SMILES string of the molecule is CC(O)C1CCCC(C)(C)C1.CCOC(=O)CC(=O)OC(C)C1CCCC(C)(C)C1.CCOC(=O)CC(=O)OCC. The molecule has 2 saturated carbocycles. The zero-order chi connectivity index (χ0) is 31.6. The third kappa shape index (κ3) is 18.8. The predicted octanol–water partition coefficient (Wildman–Crippen LogP) is 6.17. The number of rotatable bonds is 10. The summed E-state index contributed by atoms with van der Waals surface area (Å²) >= 11 is 0. The molecule has 0 spiro atoms. The number of carbonyl (C=O) groups excluding carboxylic acids is 4. The lowest BCUT2D eigenvalue weighted by molar-refractivity contribution is -0.160. The molecule has 0 radical (unpaired) electrons. The predicted molar refractivity (Wildman–Crippen MR) is 158 cm³/mol. The Morgan fingerprint density at radius 2 is 1.05 bits per heavy atom. The Morgan fingerprint density at radius 3 is 1.39 bits per heavy atom. The van der Waals surface area contributed by atoms with Crippen LogP contribution in [0.3, 0.4) is 0 Å². The summed E-state index contributed by atoms with van der Waals surface area (Å²) in [6.45, 7) is 18.9. The van der Waals surface area contributed by atoms with Gasteiger partial charge < -0.3 is 24.1 Å². The fraction of sp³-hybridized carbons (Fsp3) is 0.875. The topological polar surface area (TPSA) is 125 Å². The van der Waals surface area contributed by atoms with Crippen LogP contribution in [0.4, 0.5) is 0 Å². The molecule has 240 valence electrons. The molecule has 2 fully saturated rings. The average molecular weight is 587 g/mol. The van der Waals surface area contributed by atoms with Gasteiger partial charge in [0.25, 0.3) is 0 Å². The number of carbonyl (C=O) groups is 4. The molecule has 41 heavy (non-hydrogen) atoms. The first-order valence-electron chi connectivity index (χ1n) is 15.4. The molecule has 2 aliphatic rings. The van der Waals surface area contributed by atoms with Gasteiger partial charge in [0, 0.05) is 0 Å². The Balaban J connectivity index is 0.000000625. The summed E-state index contributed by atoms with van der Waals surface area (Å²) in [6.07, 6.45) is 8.82. The molecule has 2 aliphatic carbocycles. The Hall–Kier alpha value is -2.16. The Morgan fingerprint density at radius 1 is 0.683 bits per heavy atom. The van der Waals surface area contributed by atoms with E-state index in [-0.39, 0.29) is 38.3 Å². The molecule has 1 N–H and O–H groups in total. The van der Waals surface area contributed by atoms with Gasteiger partial charge in [-0.15, -0.1) is 0 Å². The van der Waals surface area contributed by atoms with Crippen molar-refractivity contribution in [2.75, 3.05) is 19.8 Å². The second kappa shape index (κ2) is 19.9. The van der Waals surface area contributed by atoms with E-state index in [1.165, 1.54) is 38.5 Å². The number of esters is 4. The van der Waals surface area contributed by atoms with Gasteiger partial charge in [-0.2, -0.15) is 0 Å². The first-order valence-corrected chi connectivity index (χ1v) is 15.4. The molecule has 9 nitrogen and oxygen atoms in total. The monoisotopic (exact) mass is 586 g/mol. The van der Waals surface area contributed by atoms with Crippen molar-refractivity contribution in [3.63, 3.8) is 0 Å². The van der Waals surface area contributed by atoms with Crippen LogP contribution in [-0.4, -0.2) is 61.0 Å². The van der Waals surface area contributed by atoms with E-state index in [4.69, 9.17) is 9.47 Å². The minimum absolute atomic E-state index is 0.102. The van der Waals surface area contributed by atoms with Gasteiger partial charge in [0.1, 0.15) is 18.9 Å². The van der Waals surface area contributed by atoms with Crippen molar-refractivity contribution in [2.24, 2.45) is 22.7 Å². The van der Waals surface area contributed by atoms with Crippen molar-refractivity contribution in [3.05, 3.63) is 0 Å². The van der Waals surface area contributed by atoms with Crippen LogP contribution in [0.1, 0.15) is 127 Å². The van der Waals surface area contributed by atoms with Gasteiger partial charge in [-0.25, -0.2) is 0 Å². The molecule has 4 atom stereocenters. The highest BCUT2D eigenvalue weighted by Gasteiger charge is 2.33. The molecule has 0 heterocycles. The third-order valence-corrected chi connectivity index (χ3v) is 7.64. The molecule has 0 bridgehead atoms. The maximum atomic E-state index is 11.6. The first kappa shape index (κ1) is 38.8. The van der Waals surface area contributed by atoms with E-state index in [2.05, 4.69) is 37.2 Å². The van der Waals surface area contributed by atoms with Crippen molar-refractivity contribution in [2.45, 2.75) is 139 Å². The minimum atomic E-state index is -0.536. The van der Waals surface area contributed by atoms with Crippen molar-refractivity contribution in [3.8, 4) is 0 Å². The fourth-order valence-corrected chi connectivity index (χ4v) is 5.54. The molecule has 4 unspecified atom stereocenters. The maximum Gasteiger partial charge on any atom is 0.317 e. The summed E-state index contributed by atoms with van der Waals surface area (Å²) in [7, 11) is 0. The van der Waals surface area contributed by atoms with E-state index < -0.39 is 23.9 Å². The Bertz CT molecular complexity index is 772. The van der Waals surface area contributed by atoms with Crippen molar-refractivity contribution >= 4 is 23.9 Å². The molecule has 0 saturated heterocycles. The van der Waals surface area contributed by atoms with Crippen molar-refractivity contribution in [1.82, 2.24) is 0 Å². The van der Waals surface area contributed by atoms with Crippen LogP contribution in [0.15, 0.2) is 0 Å². The smallest absolute Gasteiger partial charge is 0.317 e. The van der Waals surface area contributed by atoms with E-state index in [0.29, 0.717) is 29.3 Å². The third-order valence-electron chi connectivity index (χ3n) is 7.64. The average Bonchev–Trinajstić information content (AvgIpc) is 2.84. The highest BCUT2D eigenvalue weighted by atomic mass is 16.6. The summed E-state index contributed by atoms with van der Waals surface area (Å²) < 4.78 is 19.1. The molecule has 0 aromatic rings. The zero-order valence-corrected chi connectivity index (χ0v) is 27.2. The summed E-state index contributed by atoms with van der Waals surface area (Å²) in [5.41, 5.74) is 0.796. The number of ether oxygens (including phenoxy) is 4. The van der Waals surface area contributed by atoms with Gasteiger partial charge in [-0.05, 0) is 95.8 Å². The Kier molecular flexibility index (Phi) is 18.8. The molecule has 9 heteroatoms. The van der Waals surface area contributed by atoms with Crippen LogP contribution in [-0.2, 0) is 38.1 Å². The number of hydrogen-bond acceptors (Lipinski definition) is 9. The molecular formula is C32H58O9. The van der Waals surface area contributed by atoms with E-state index in [1.807, 2.05) is 13.8 Å². The van der Waals surface area contributed by atoms with E-state index in [9.17, 15) is 24.3 Å². The lowest BCUT2D eigenvalue weighted by atomic mass is 9.71. The fourth-order valence-electron chi connectivity index (χ4n) is 5.54. The quantitative estimate of drug-likeness (QED) is 0.182. The summed E-state index contributed by atoms with van der Waals surface area (Å²) in [5, 5.41) is 9.41. The minimum Gasteiger partial charge on any atom is -0.466 e. The number of aliphatic hydroxyl groups excluding tert-OH is 1. The van der Waals surface area contributed by atoms with E-state index in [0.717, 1.165) is 12.8 Å². The van der Waals surface area contributed by atoms with Crippen LogP contribution < -0.4 is 0 Å². The number of aliphatic hydroxyl groups is 1. The van der Waals surface area contributed by atoms with E-state index >= 15 is 0 Å². The summed E-state index contributed by atoms with van der Waals surface area (Å²) in [6, 6.07) is 0. The molecule has 0 aromatic heterocycles. The van der Waals surface area contributed by atoms with Crippen molar-refractivity contribution < 1.29 is 43.2 Å². The van der Waals surface area contributed by atoms with Crippen LogP contribution in [0.2, 0.25) is 0 Å². The first-order chi connectivity index (χ1) is 19.1. The summed E-state index contributed by atoms with van der Waals surface area (Å²) in [5.74, 6) is -1.11. The van der Waals surface area contributed by atoms with Gasteiger partial charge in [0.15, 0.2) is 0 Å². The van der Waals surface area contributed by atoms with Crippen LogP contribution in [0, 0.1) is 22.7 Å². The molecule has 0 aromatic carbocycles. The van der Waals surface area contributed by atoms with Crippen LogP contribution in [0.25, 0.3) is 0 Å². The molecule has 0 amide bonds. The van der Waals surface area contributed by atoms with Crippen LogP contribution >= 0.6 is 0 Å². The largest absolute Gasteiger partial charge is 0.466 e. The summed E-state index contributed by atoms with van der Waals surface area (Å²) in [4.78, 5) is 44.0. The number of hydrogen-bond donors (Lipinski definition) is 1. The lowest BCUT2D eigenvalue weighted by Crippen LogP contribution is -2.32. The molecule has 2 rings (SSSR count). The molecule has 0 aliphatic heterocycles. The van der Waals surface area contributed by atoms with Gasteiger partial charge in [-0.1, -0.05) is 40.5 Å². The van der Waals surface area contributed by atoms with Crippen LogP contribution in [0.5, 0.6) is 0 Å². The normalized spacial score (nSPS) is 22.2. The standard InChI is InChI=1S/C15H26O4.C10H20O.C7H12O4/c1-5-18-13(16)9-14(17)19-11(2)12-7-6-8-15(3,4)10-12;1-8(11)9-5-4-6-10(2,3)7-9;1-3-10-6(8)5-7(9)11-4-2/h11-12H,5-10H2,1-4H3;8-9,11H,4-7H2,1-3H3;3-5H2,1-2H3. The highest BCUT2D eigenvalue weighted by molar-refractivity contribution is 5.91.